The van der Waals surface area contributed by atoms with Gasteiger partial charge in [-0.3, -0.25) is 9.59 Å². The summed E-state index contributed by atoms with van der Waals surface area (Å²) in [6.45, 7) is 9.88. The maximum Gasteiger partial charge on any atom is 0.306 e. The van der Waals surface area contributed by atoms with Gasteiger partial charge in [-0.25, -0.2) is 0 Å². The topological polar surface area (TPSA) is 104 Å². The number of allylic oxidation sites excluding steroid dienone is 1. The van der Waals surface area contributed by atoms with Crippen LogP contribution in [0.4, 0.5) is 0 Å². The van der Waals surface area contributed by atoms with E-state index in [4.69, 9.17) is 4.74 Å². The van der Waals surface area contributed by atoms with Crippen molar-refractivity contribution in [3.8, 4) is 0 Å². The van der Waals surface area contributed by atoms with E-state index >= 15 is 0 Å². The van der Waals surface area contributed by atoms with Crippen LogP contribution in [0.3, 0.4) is 0 Å². The second-order valence-corrected chi connectivity index (χ2v) is 14.0. The van der Waals surface area contributed by atoms with E-state index in [9.17, 15) is 24.9 Å². The minimum Gasteiger partial charge on any atom is -0.455 e. The lowest BCUT2D eigenvalue weighted by molar-refractivity contribution is -0.203. The zero-order chi connectivity index (χ0) is 29.3. The molecule has 0 aliphatic heterocycles. The minimum absolute atomic E-state index is 0.0153. The quantitative estimate of drug-likeness (QED) is 0.136. The number of esters is 1. The molecule has 40 heavy (non-hydrogen) atoms. The van der Waals surface area contributed by atoms with Gasteiger partial charge in [0.25, 0.3) is 0 Å². The van der Waals surface area contributed by atoms with E-state index in [2.05, 4.69) is 20.8 Å². The van der Waals surface area contributed by atoms with Crippen molar-refractivity contribution in [1.82, 2.24) is 0 Å². The van der Waals surface area contributed by atoms with Gasteiger partial charge in [-0.1, -0.05) is 104 Å². The number of hydrogen-bond acceptors (Lipinski definition) is 6. The summed E-state index contributed by atoms with van der Waals surface area (Å²) >= 11 is 0. The van der Waals surface area contributed by atoms with Crippen LogP contribution in [0.1, 0.15) is 118 Å². The Labute approximate surface area is 241 Å². The number of aliphatic hydroxyl groups is 3. The number of rotatable bonds is 14. The number of carbonyl (C=O) groups excluding carboxylic acids is 2. The first-order chi connectivity index (χ1) is 19.0. The summed E-state index contributed by atoms with van der Waals surface area (Å²) < 4.78 is 5.93. The molecule has 0 aromatic heterocycles. The molecule has 0 heterocycles. The number of ether oxygens (including phenoxy) is 1. The Bertz CT molecular complexity index is 996. The molecule has 0 radical (unpaired) electrons. The highest BCUT2D eigenvalue weighted by Crippen LogP contribution is 2.71. The molecule has 1 spiro atoms. The highest BCUT2D eigenvalue weighted by Gasteiger charge is 2.76. The smallest absolute Gasteiger partial charge is 0.306 e. The molecule has 0 aromatic carbocycles. The molecule has 6 nitrogen and oxygen atoms in total. The van der Waals surface area contributed by atoms with Crippen LogP contribution in [0, 0.1) is 34.5 Å². The molecule has 0 amide bonds. The third-order valence-corrected chi connectivity index (χ3v) is 11.1. The number of aliphatic hydroxyl groups excluding tert-OH is 2. The zero-order valence-electron chi connectivity index (χ0n) is 25.6. The van der Waals surface area contributed by atoms with Crippen LogP contribution in [0.25, 0.3) is 0 Å². The van der Waals surface area contributed by atoms with E-state index in [-0.39, 0.29) is 35.0 Å². The number of hydrogen-bond donors (Lipinski definition) is 3. The molecule has 8 unspecified atom stereocenters. The summed E-state index contributed by atoms with van der Waals surface area (Å²) in [5.41, 5.74) is -2.60. The summed E-state index contributed by atoms with van der Waals surface area (Å²) in [5, 5.41) is 34.3. The van der Waals surface area contributed by atoms with Crippen molar-refractivity contribution < 1.29 is 29.6 Å². The lowest BCUT2D eigenvalue weighted by Gasteiger charge is -2.48. The standard InChI is InChI=1S/C34H54O6/c1-6-7-8-9-10-11-12-13-14-15-16-17-27(36)40-31-22(2)20-33-23(3)18-26-28(32(26,4)5)25(30(33)38)19-24(21-35)29(37)34(31,33)39/h19-20,23,25-26,28-29,31,35,37,39H,6-18,21H2,1-5H3. The van der Waals surface area contributed by atoms with Crippen molar-refractivity contribution in [2.45, 2.75) is 136 Å². The molecular formula is C34H54O6. The van der Waals surface area contributed by atoms with Crippen LogP contribution in [0.5, 0.6) is 0 Å². The molecule has 2 saturated carbocycles. The first-order valence-electron chi connectivity index (χ1n) is 16.1. The highest BCUT2D eigenvalue weighted by atomic mass is 16.6. The molecule has 4 aliphatic carbocycles. The fraction of sp³-hybridized carbons (Fsp3) is 0.824. The van der Waals surface area contributed by atoms with Gasteiger partial charge in [-0.2, -0.15) is 0 Å². The first-order valence-corrected chi connectivity index (χ1v) is 16.1. The third kappa shape index (κ3) is 5.26. The van der Waals surface area contributed by atoms with Crippen molar-refractivity contribution in [3.63, 3.8) is 0 Å². The van der Waals surface area contributed by atoms with Crippen LogP contribution in [0.2, 0.25) is 0 Å². The van der Waals surface area contributed by atoms with Gasteiger partial charge in [-0.05, 0) is 54.1 Å². The maximum atomic E-state index is 14.4. The van der Waals surface area contributed by atoms with E-state index in [1.165, 1.54) is 51.4 Å². The Morgan fingerprint density at radius 2 is 1.60 bits per heavy atom. The molecule has 2 bridgehead atoms. The fourth-order valence-corrected chi connectivity index (χ4v) is 8.72. The van der Waals surface area contributed by atoms with E-state index in [1.807, 2.05) is 6.92 Å². The van der Waals surface area contributed by atoms with Crippen molar-refractivity contribution in [3.05, 3.63) is 23.3 Å². The molecule has 0 aromatic rings. The number of ketones is 1. The van der Waals surface area contributed by atoms with Crippen LogP contribution in [0.15, 0.2) is 23.3 Å². The number of unbranched alkanes of at least 4 members (excludes halogenated alkanes) is 10. The number of fused-ring (bicyclic) bond motifs is 3. The molecule has 0 saturated heterocycles. The normalized spacial score (nSPS) is 37.5. The molecule has 226 valence electrons. The Balaban J connectivity index is 1.40. The van der Waals surface area contributed by atoms with Crippen LogP contribution in [-0.4, -0.2) is 51.5 Å². The molecule has 4 rings (SSSR count). The average Bonchev–Trinajstić information content (AvgIpc) is 3.40. The lowest BCUT2D eigenvalue weighted by atomic mass is 9.59. The largest absolute Gasteiger partial charge is 0.455 e. The van der Waals surface area contributed by atoms with Gasteiger partial charge in [-0.15, -0.1) is 0 Å². The van der Waals surface area contributed by atoms with E-state index < -0.39 is 41.7 Å². The molecule has 6 heteroatoms. The van der Waals surface area contributed by atoms with Crippen molar-refractivity contribution in [1.29, 1.82) is 0 Å². The summed E-state index contributed by atoms with van der Waals surface area (Å²) in [7, 11) is 0. The highest BCUT2D eigenvalue weighted by molar-refractivity contribution is 5.95. The predicted octanol–water partition coefficient (Wildman–Crippen LogP) is 6.07. The Kier molecular flexibility index (Phi) is 9.74. The second kappa shape index (κ2) is 12.4. The Hall–Kier alpha value is -1.50. The predicted molar refractivity (Wildman–Crippen MR) is 156 cm³/mol. The maximum absolute atomic E-state index is 14.4. The lowest BCUT2D eigenvalue weighted by Crippen LogP contribution is -2.65. The van der Waals surface area contributed by atoms with Crippen molar-refractivity contribution in [2.75, 3.05) is 6.61 Å². The molecule has 8 atom stereocenters. The van der Waals surface area contributed by atoms with Gasteiger partial charge in [0.1, 0.15) is 6.10 Å². The monoisotopic (exact) mass is 558 g/mol. The third-order valence-electron chi connectivity index (χ3n) is 11.1. The van der Waals surface area contributed by atoms with Crippen molar-refractivity contribution in [2.24, 2.45) is 34.5 Å². The summed E-state index contributed by atoms with van der Waals surface area (Å²) in [4.78, 5) is 27.4. The summed E-state index contributed by atoms with van der Waals surface area (Å²) in [6.07, 6.45) is 14.9. The van der Waals surface area contributed by atoms with Crippen LogP contribution < -0.4 is 0 Å². The van der Waals surface area contributed by atoms with Gasteiger partial charge in [0.2, 0.25) is 0 Å². The molecule has 3 N–H and O–H groups in total. The van der Waals surface area contributed by atoms with Gasteiger partial charge >= 0.3 is 5.97 Å². The molecular weight excluding hydrogens is 504 g/mol. The minimum atomic E-state index is -2.05. The van der Waals surface area contributed by atoms with E-state index in [0.29, 0.717) is 17.9 Å². The average molecular weight is 559 g/mol. The van der Waals surface area contributed by atoms with Gasteiger partial charge in [0.05, 0.1) is 12.0 Å². The van der Waals surface area contributed by atoms with Crippen molar-refractivity contribution >= 4 is 11.8 Å². The Morgan fingerprint density at radius 1 is 1.02 bits per heavy atom. The first kappa shape index (κ1) is 31.4. The number of Topliss-reactive ketones (excluding diaryl/α,β-unsaturated/α-hetero) is 1. The van der Waals surface area contributed by atoms with E-state index in [0.717, 1.165) is 19.3 Å². The fourth-order valence-electron chi connectivity index (χ4n) is 8.72. The summed E-state index contributed by atoms with van der Waals surface area (Å²) in [6, 6.07) is 0. The molecule has 2 fully saturated rings. The summed E-state index contributed by atoms with van der Waals surface area (Å²) in [5.74, 6) is -0.857. The molecule has 4 aliphatic rings. The zero-order valence-corrected chi connectivity index (χ0v) is 25.6. The van der Waals surface area contributed by atoms with Gasteiger partial charge < -0.3 is 20.1 Å². The SMILES string of the molecule is CCCCCCCCCCCCCC(=O)OC1C(C)=CC23C(=O)C(C=C(CO)C(O)C12O)C1C(CC3C)C1(C)C. The van der Waals surface area contributed by atoms with E-state index in [1.54, 1.807) is 19.1 Å². The number of carbonyl (C=O) groups is 2. The van der Waals surface area contributed by atoms with Crippen LogP contribution in [-0.2, 0) is 14.3 Å². The Morgan fingerprint density at radius 3 is 2.17 bits per heavy atom. The van der Waals surface area contributed by atoms with Crippen LogP contribution >= 0.6 is 0 Å². The second-order valence-electron chi connectivity index (χ2n) is 14.0. The van der Waals surface area contributed by atoms with Gasteiger partial charge in [0, 0.05) is 12.3 Å². The van der Waals surface area contributed by atoms with Gasteiger partial charge in [0.15, 0.2) is 17.5 Å².